The number of fused-ring (bicyclic) bond motifs is 4. The van der Waals surface area contributed by atoms with Gasteiger partial charge in [0.2, 0.25) is 0 Å². The first kappa shape index (κ1) is 43.3. The molecule has 1 aromatic heterocycles. The molecule has 1 heterocycles. The first-order valence-electron chi connectivity index (χ1n) is 25.0. The van der Waals surface area contributed by atoms with E-state index in [0.29, 0.717) is 0 Å². The Labute approximate surface area is 426 Å². The van der Waals surface area contributed by atoms with E-state index in [9.17, 15) is 0 Å². The van der Waals surface area contributed by atoms with Crippen LogP contribution in [0.1, 0.15) is 0 Å². The zero-order chi connectivity index (χ0) is 48.5. The molecule has 0 unspecified atom stereocenters. The minimum absolute atomic E-state index is 1.07. The van der Waals surface area contributed by atoms with E-state index in [1.165, 1.54) is 49.3 Å². The minimum Gasteiger partial charge on any atom is -0.311 e. The van der Waals surface area contributed by atoms with Gasteiger partial charge in [-0.2, -0.15) is 0 Å². The van der Waals surface area contributed by atoms with Crippen LogP contribution >= 0.6 is 0 Å². The van der Waals surface area contributed by atoms with E-state index in [1.54, 1.807) is 0 Å². The fourth-order valence-corrected chi connectivity index (χ4v) is 10.8. The maximum absolute atomic E-state index is 2.45. The van der Waals surface area contributed by atoms with Gasteiger partial charge in [0.25, 0.3) is 0 Å². The fraction of sp³-hybridized carbons (Fsp3) is 0. The predicted octanol–water partition coefficient (Wildman–Crippen LogP) is 19.5. The summed E-state index contributed by atoms with van der Waals surface area (Å²) in [7, 11) is 0. The summed E-state index contributed by atoms with van der Waals surface area (Å²) >= 11 is 0. The molecule has 0 aliphatic rings. The van der Waals surface area contributed by atoms with E-state index in [-0.39, 0.29) is 0 Å². The van der Waals surface area contributed by atoms with Gasteiger partial charge < -0.3 is 14.4 Å². The Kier molecular flexibility index (Phi) is 11.2. The van der Waals surface area contributed by atoms with Crippen LogP contribution in [-0.2, 0) is 0 Å². The van der Waals surface area contributed by atoms with E-state index < -0.39 is 0 Å². The molecular weight excluding hydrogens is 883 g/mol. The van der Waals surface area contributed by atoms with Crippen LogP contribution < -0.4 is 9.80 Å². The molecule has 0 saturated carbocycles. The Morgan fingerprint density at radius 2 is 0.644 bits per heavy atom. The lowest BCUT2D eigenvalue weighted by molar-refractivity contribution is 1.18. The molecule has 13 aromatic rings. The molecular formula is C70H49N3. The maximum atomic E-state index is 2.45. The van der Waals surface area contributed by atoms with Crippen molar-refractivity contribution in [3.05, 3.63) is 297 Å². The molecule has 3 heteroatoms. The summed E-state index contributed by atoms with van der Waals surface area (Å²) in [6, 6.07) is 108. The number of rotatable bonds is 11. The van der Waals surface area contributed by atoms with Crippen LogP contribution in [0.2, 0.25) is 0 Å². The van der Waals surface area contributed by atoms with E-state index in [0.717, 1.165) is 67.6 Å². The highest BCUT2D eigenvalue weighted by atomic mass is 15.2. The quantitative estimate of drug-likeness (QED) is 0.128. The first-order valence-corrected chi connectivity index (χ1v) is 25.0. The van der Waals surface area contributed by atoms with Crippen molar-refractivity contribution in [1.82, 2.24) is 4.57 Å². The molecule has 13 rings (SSSR count). The average molecular weight is 932 g/mol. The fourth-order valence-electron chi connectivity index (χ4n) is 10.8. The number of hydrogen-bond donors (Lipinski definition) is 0. The van der Waals surface area contributed by atoms with Gasteiger partial charge in [0, 0.05) is 50.5 Å². The molecule has 0 amide bonds. The van der Waals surface area contributed by atoms with Crippen molar-refractivity contribution in [1.29, 1.82) is 0 Å². The van der Waals surface area contributed by atoms with E-state index >= 15 is 0 Å². The van der Waals surface area contributed by atoms with Crippen molar-refractivity contribution in [3.63, 3.8) is 0 Å². The van der Waals surface area contributed by atoms with Crippen LogP contribution in [-0.4, -0.2) is 4.57 Å². The topological polar surface area (TPSA) is 11.4 Å². The van der Waals surface area contributed by atoms with Gasteiger partial charge in [0.1, 0.15) is 0 Å². The lowest BCUT2D eigenvalue weighted by atomic mass is 9.89. The molecule has 0 bridgehead atoms. The number of benzene rings is 12. The summed E-state index contributed by atoms with van der Waals surface area (Å²) in [5, 5.41) is 4.84. The van der Waals surface area contributed by atoms with Gasteiger partial charge in [0.05, 0.1) is 16.7 Å². The molecule has 344 valence electrons. The Balaban J connectivity index is 0.932. The maximum Gasteiger partial charge on any atom is 0.0561 e. The van der Waals surface area contributed by atoms with Gasteiger partial charge in [-0.15, -0.1) is 0 Å². The van der Waals surface area contributed by atoms with Gasteiger partial charge in [0.15, 0.2) is 0 Å². The van der Waals surface area contributed by atoms with E-state index in [1.807, 2.05) is 0 Å². The van der Waals surface area contributed by atoms with Gasteiger partial charge in [-0.1, -0.05) is 206 Å². The van der Waals surface area contributed by atoms with Crippen molar-refractivity contribution in [2.45, 2.75) is 0 Å². The molecule has 0 spiro atoms. The molecule has 0 atom stereocenters. The molecule has 0 fully saturated rings. The average Bonchev–Trinajstić information content (AvgIpc) is 3.80. The third-order valence-electron chi connectivity index (χ3n) is 14.2. The van der Waals surface area contributed by atoms with Gasteiger partial charge >= 0.3 is 0 Å². The predicted molar refractivity (Wildman–Crippen MR) is 309 cm³/mol. The highest BCUT2D eigenvalue weighted by molar-refractivity contribution is 6.11. The zero-order valence-corrected chi connectivity index (χ0v) is 40.1. The SMILES string of the molecule is c1ccc(-c2cc3ccccc3cc2N(c2ccc(-c3ccccc3-c3ccccc3-c3ccc(N(c4ccccc4)c4ccccc4)cc3)cc2)c2ccc3c4ccccc4n(-c4ccccc4)c3c2)cc1. The van der Waals surface area contributed by atoms with Gasteiger partial charge in [-0.05, 0) is 141 Å². The zero-order valence-electron chi connectivity index (χ0n) is 40.1. The molecule has 0 aliphatic carbocycles. The number of anilines is 6. The number of hydrogen-bond acceptors (Lipinski definition) is 2. The van der Waals surface area contributed by atoms with Crippen LogP contribution in [0.25, 0.3) is 82.8 Å². The van der Waals surface area contributed by atoms with Crippen LogP contribution in [0.3, 0.4) is 0 Å². The molecule has 0 aliphatic heterocycles. The molecule has 0 radical (unpaired) electrons. The molecule has 0 saturated heterocycles. The lowest BCUT2D eigenvalue weighted by Crippen LogP contribution is -2.11. The summed E-state index contributed by atoms with van der Waals surface area (Å²) in [4.78, 5) is 4.76. The molecule has 0 N–H and O–H groups in total. The smallest absolute Gasteiger partial charge is 0.0561 e. The lowest BCUT2D eigenvalue weighted by Gasteiger charge is -2.29. The minimum atomic E-state index is 1.07. The molecule has 12 aromatic carbocycles. The van der Waals surface area contributed by atoms with Gasteiger partial charge in [-0.3, -0.25) is 0 Å². The summed E-state index contributed by atoms with van der Waals surface area (Å²) in [6.07, 6.45) is 0. The van der Waals surface area contributed by atoms with Crippen molar-refractivity contribution in [3.8, 4) is 50.2 Å². The van der Waals surface area contributed by atoms with Gasteiger partial charge in [-0.25, -0.2) is 0 Å². The van der Waals surface area contributed by atoms with Crippen LogP contribution in [0.4, 0.5) is 34.1 Å². The monoisotopic (exact) mass is 931 g/mol. The van der Waals surface area contributed by atoms with Crippen LogP contribution in [0, 0.1) is 0 Å². The summed E-state index contributed by atoms with van der Waals surface area (Å²) < 4.78 is 2.40. The number of aromatic nitrogens is 1. The Morgan fingerprint density at radius 1 is 0.233 bits per heavy atom. The third kappa shape index (κ3) is 8.09. The van der Waals surface area contributed by atoms with Crippen molar-refractivity contribution >= 4 is 66.7 Å². The highest BCUT2D eigenvalue weighted by Crippen LogP contribution is 2.46. The van der Waals surface area contributed by atoms with Crippen molar-refractivity contribution in [2.75, 3.05) is 9.80 Å². The van der Waals surface area contributed by atoms with Crippen molar-refractivity contribution in [2.24, 2.45) is 0 Å². The normalized spacial score (nSPS) is 11.3. The second-order valence-electron chi connectivity index (χ2n) is 18.5. The van der Waals surface area contributed by atoms with E-state index in [4.69, 9.17) is 0 Å². The second-order valence-corrected chi connectivity index (χ2v) is 18.5. The Morgan fingerprint density at radius 3 is 1.23 bits per heavy atom. The highest BCUT2D eigenvalue weighted by Gasteiger charge is 2.22. The first-order chi connectivity index (χ1) is 36.2. The largest absolute Gasteiger partial charge is 0.311 e. The third-order valence-corrected chi connectivity index (χ3v) is 14.2. The second kappa shape index (κ2) is 18.9. The summed E-state index contributed by atoms with van der Waals surface area (Å²) in [6.45, 7) is 0. The van der Waals surface area contributed by atoms with Crippen LogP contribution in [0.15, 0.2) is 297 Å². The Bertz CT molecular complexity index is 4010. The summed E-state index contributed by atoms with van der Waals surface area (Å²) in [5.41, 5.74) is 19.4. The Hall–Kier alpha value is -9.70. The van der Waals surface area contributed by atoms with E-state index in [2.05, 4.69) is 312 Å². The van der Waals surface area contributed by atoms with Crippen molar-refractivity contribution < 1.29 is 0 Å². The molecule has 3 nitrogen and oxygen atoms in total. The number of nitrogens with zero attached hydrogens (tertiary/aromatic N) is 3. The standard InChI is InChI=1S/C70H49N3/c1-5-21-50(22-6-1)67-47-53-23-13-14-24-54(53)48-69(67)72(60-45-46-66-65-35-19-20-36-68(65)73(70(66)49-60)57-29-11-4-12-30-57)59-43-39-52(40-44-59)62-32-16-18-34-64(62)63-33-17-15-31-61(63)51-37-41-58(42-38-51)71(55-25-7-2-8-26-55)56-27-9-3-10-28-56/h1-49H. The molecule has 73 heavy (non-hydrogen) atoms. The summed E-state index contributed by atoms with van der Waals surface area (Å²) in [5.74, 6) is 0. The van der Waals surface area contributed by atoms with Crippen LogP contribution in [0.5, 0.6) is 0 Å². The number of para-hydroxylation sites is 4.